The van der Waals surface area contributed by atoms with Gasteiger partial charge < -0.3 is 0 Å². The molecule has 0 unspecified atom stereocenters. The Morgan fingerprint density at radius 3 is 2.65 bits per heavy atom. The van der Waals surface area contributed by atoms with Gasteiger partial charge in [-0.25, -0.2) is 0 Å². The summed E-state index contributed by atoms with van der Waals surface area (Å²) in [6, 6.07) is 6.50. The predicted octanol–water partition coefficient (Wildman–Crippen LogP) is 3.14. The second-order valence-electron chi connectivity index (χ2n) is 3.60. The molecule has 1 aromatic carbocycles. The molecule has 0 bridgehead atoms. The second kappa shape index (κ2) is 5.63. The van der Waals surface area contributed by atoms with Crippen LogP contribution in [-0.4, -0.2) is 22.3 Å². The number of nitro benzene ring substituents is 1. The van der Waals surface area contributed by atoms with Gasteiger partial charge in [0.2, 0.25) is 0 Å². The molecule has 17 heavy (non-hydrogen) atoms. The monoisotopic (exact) mass is 248 g/mol. The Morgan fingerprint density at radius 1 is 1.29 bits per heavy atom. The molecular formula is C12H12N2O2S. The number of aliphatic imine (C=N–C) groups is 1. The summed E-state index contributed by atoms with van der Waals surface area (Å²) in [5, 5.41) is 11.5. The molecule has 1 aliphatic heterocycles. The van der Waals surface area contributed by atoms with Crippen molar-refractivity contribution in [1.82, 2.24) is 0 Å². The van der Waals surface area contributed by atoms with Crippen LogP contribution < -0.4 is 0 Å². The third-order valence-electron chi connectivity index (χ3n) is 2.34. The van der Waals surface area contributed by atoms with E-state index in [2.05, 4.69) is 4.99 Å². The van der Waals surface area contributed by atoms with Crippen molar-refractivity contribution in [3.8, 4) is 0 Å². The van der Waals surface area contributed by atoms with Gasteiger partial charge in [-0.15, -0.1) is 11.8 Å². The van der Waals surface area contributed by atoms with Gasteiger partial charge in [0, 0.05) is 24.4 Å². The van der Waals surface area contributed by atoms with Crippen molar-refractivity contribution in [3.05, 3.63) is 46.0 Å². The molecule has 0 aliphatic carbocycles. The Kier molecular flexibility index (Phi) is 3.93. The third kappa shape index (κ3) is 3.42. The summed E-state index contributed by atoms with van der Waals surface area (Å²) in [7, 11) is 0. The molecular weight excluding hydrogens is 236 g/mol. The van der Waals surface area contributed by atoms with E-state index in [-0.39, 0.29) is 5.69 Å². The zero-order valence-corrected chi connectivity index (χ0v) is 10.0. The van der Waals surface area contributed by atoms with Gasteiger partial charge in [-0.2, -0.15) is 0 Å². The van der Waals surface area contributed by atoms with E-state index in [1.807, 2.05) is 12.2 Å². The predicted molar refractivity (Wildman–Crippen MR) is 71.5 cm³/mol. The average Bonchev–Trinajstić information content (AvgIpc) is 2.38. The van der Waals surface area contributed by atoms with Crippen molar-refractivity contribution in [2.24, 2.45) is 4.99 Å². The van der Waals surface area contributed by atoms with Crippen molar-refractivity contribution >= 4 is 28.6 Å². The van der Waals surface area contributed by atoms with Crippen LogP contribution in [0.4, 0.5) is 5.69 Å². The highest BCUT2D eigenvalue weighted by molar-refractivity contribution is 8.14. The fraction of sp³-hybridized carbons (Fsp3) is 0.250. The van der Waals surface area contributed by atoms with Crippen LogP contribution in [0.15, 0.2) is 35.3 Å². The van der Waals surface area contributed by atoms with Gasteiger partial charge in [0.25, 0.3) is 5.69 Å². The minimum atomic E-state index is -0.394. The van der Waals surface area contributed by atoms with Crippen molar-refractivity contribution in [3.63, 3.8) is 0 Å². The molecule has 0 radical (unpaired) electrons. The summed E-state index contributed by atoms with van der Waals surface area (Å²) in [6.07, 6.45) is 5.03. The molecule has 0 spiro atoms. The lowest BCUT2D eigenvalue weighted by molar-refractivity contribution is -0.384. The van der Waals surface area contributed by atoms with Crippen LogP contribution in [0.1, 0.15) is 12.0 Å². The van der Waals surface area contributed by atoms with Crippen molar-refractivity contribution in [1.29, 1.82) is 0 Å². The van der Waals surface area contributed by atoms with Crippen LogP contribution in [0.2, 0.25) is 0 Å². The third-order valence-corrected chi connectivity index (χ3v) is 3.40. The molecule has 1 aliphatic rings. The number of non-ortho nitro benzene ring substituents is 1. The maximum absolute atomic E-state index is 10.5. The number of hydrogen-bond donors (Lipinski definition) is 0. The second-order valence-corrected chi connectivity index (χ2v) is 4.72. The first-order chi connectivity index (χ1) is 8.25. The molecule has 0 atom stereocenters. The van der Waals surface area contributed by atoms with Gasteiger partial charge in [-0.05, 0) is 30.2 Å². The first kappa shape index (κ1) is 11.9. The molecule has 2 rings (SSSR count). The minimum absolute atomic E-state index is 0.117. The molecule has 1 heterocycles. The van der Waals surface area contributed by atoms with Crippen LogP contribution in [0.25, 0.3) is 6.08 Å². The van der Waals surface area contributed by atoms with E-state index in [1.165, 1.54) is 12.1 Å². The summed E-state index contributed by atoms with van der Waals surface area (Å²) in [4.78, 5) is 14.5. The summed E-state index contributed by atoms with van der Waals surface area (Å²) >= 11 is 1.75. The lowest BCUT2D eigenvalue weighted by Crippen LogP contribution is -2.00. The molecule has 88 valence electrons. The maximum atomic E-state index is 10.5. The van der Waals surface area contributed by atoms with Gasteiger partial charge >= 0.3 is 0 Å². The Balaban J connectivity index is 2.05. The normalized spacial score (nSPS) is 15.9. The summed E-state index contributed by atoms with van der Waals surface area (Å²) in [6.45, 7) is 0.896. The summed E-state index contributed by atoms with van der Waals surface area (Å²) < 4.78 is 0. The number of nitrogens with zero attached hydrogens (tertiary/aromatic N) is 2. The highest BCUT2D eigenvalue weighted by Gasteiger charge is 2.03. The molecule has 0 aromatic heterocycles. The lowest BCUT2D eigenvalue weighted by Gasteiger charge is -2.06. The number of nitro groups is 1. The fourth-order valence-corrected chi connectivity index (χ4v) is 2.28. The van der Waals surface area contributed by atoms with Crippen molar-refractivity contribution < 1.29 is 4.92 Å². The smallest absolute Gasteiger partial charge is 0.269 e. The zero-order chi connectivity index (χ0) is 12.1. The van der Waals surface area contributed by atoms with Crippen molar-refractivity contribution in [2.45, 2.75) is 6.42 Å². The Morgan fingerprint density at radius 2 is 2.06 bits per heavy atom. The number of hydrogen-bond acceptors (Lipinski definition) is 4. The topological polar surface area (TPSA) is 55.5 Å². The Bertz CT molecular complexity index is 466. The van der Waals surface area contributed by atoms with Gasteiger partial charge in [-0.1, -0.05) is 6.08 Å². The van der Waals surface area contributed by atoms with Gasteiger partial charge in [0.15, 0.2) is 0 Å². The Labute approximate surface area is 104 Å². The Hall–Kier alpha value is -1.62. The van der Waals surface area contributed by atoms with E-state index < -0.39 is 4.92 Å². The molecule has 0 N–H and O–H groups in total. The summed E-state index contributed by atoms with van der Waals surface area (Å²) in [5.41, 5.74) is 1.07. The highest BCUT2D eigenvalue weighted by Crippen LogP contribution is 2.16. The molecule has 0 amide bonds. The first-order valence-corrected chi connectivity index (χ1v) is 6.34. The maximum Gasteiger partial charge on any atom is 0.269 e. The first-order valence-electron chi connectivity index (χ1n) is 5.35. The van der Waals surface area contributed by atoms with Crippen LogP contribution in [0.5, 0.6) is 0 Å². The van der Waals surface area contributed by atoms with Crippen LogP contribution in [0.3, 0.4) is 0 Å². The van der Waals surface area contributed by atoms with Crippen LogP contribution in [0, 0.1) is 10.1 Å². The molecule has 5 heteroatoms. The average molecular weight is 248 g/mol. The molecule has 0 fully saturated rings. The molecule has 1 aromatic rings. The summed E-state index contributed by atoms with van der Waals surface area (Å²) in [5.74, 6) is 1.11. The van der Waals surface area contributed by atoms with Crippen LogP contribution in [-0.2, 0) is 0 Å². The molecule has 0 saturated heterocycles. The number of thioether (sulfide) groups is 1. The van der Waals surface area contributed by atoms with Gasteiger partial charge in [0.1, 0.15) is 0 Å². The molecule has 0 saturated carbocycles. The largest absolute Gasteiger partial charge is 0.278 e. The van der Waals surface area contributed by atoms with E-state index in [1.54, 1.807) is 23.9 Å². The lowest BCUT2D eigenvalue weighted by atomic mass is 10.2. The van der Waals surface area contributed by atoms with Gasteiger partial charge in [0.05, 0.1) is 9.97 Å². The minimum Gasteiger partial charge on any atom is -0.278 e. The van der Waals surface area contributed by atoms with E-state index in [4.69, 9.17) is 0 Å². The van der Waals surface area contributed by atoms with Gasteiger partial charge in [-0.3, -0.25) is 15.1 Å². The number of rotatable bonds is 3. The van der Waals surface area contributed by atoms with Crippen molar-refractivity contribution in [2.75, 3.05) is 12.3 Å². The zero-order valence-electron chi connectivity index (χ0n) is 9.20. The quantitative estimate of drug-likeness (QED) is 0.610. The van der Waals surface area contributed by atoms with E-state index >= 15 is 0 Å². The fourth-order valence-electron chi connectivity index (χ4n) is 1.45. The highest BCUT2D eigenvalue weighted by atomic mass is 32.2. The van der Waals surface area contributed by atoms with E-state index in [9.17, 15) is 10.1 Å². The standard InChI is InChI=1S/C12H12N2O2S/c15-14(16)11-5-2-10(3-6-11)4-7-12-13-8-1-9-17-12/h2-7H,1,8-9H2/b7-4+. The molecule has 4 nitrogen and oxygen atoms in total. The van der Waals surface area contributed by atoms with E-state index in [0.29, 0.717) is 0 Å². The SMILES string of the molecule is O=[N+]([O-])c1ccc(/C=C/C2=NCCCS2)cc1. The van der Waals surface area contributed by atoms with E-state index in [0.717, 1.165) is 29.3 Å². The van der Waals surface area contributed by atoms with Crippen LogP contribution >= 0.6 is 11.8 Å². The number of benzene rings is 1.